The average Bonchev–Trinajstić information content (AvgIpc) is 2.04. The minimum Gasteiger partial charge on any atom is -0.107 e. The molecule has 1 aliphatic carbocycles. The summed E-state index contributed by atoms with van der Waals surface area (Å²) in [6.45, 7) is 8.20. The van der Waals surface area contributed by atoms with Crippen LogP contribution >= 0.6 is 0 Å². The molecule has 0 nitrogen and oxygen atoms in total. The maximum Gasteiger partial charge on any atom is -0.00271 e. The predicted octanol–water partition coefficient (Wildman–Crippen LogP) is 3.78. The van der Waals surface area contributed by atoms with Crippen molar-refractivity contribution in [3.63, 3.8) is 0 Å². The first-order chi connectivity index (χ1) is 5.70. The molecule has 0 fully saturated rings. The molecule has 0 heterocycles. The molecule has 0 saturated carbocycles. The van der Waals surface area contributed by atoms with Crippen LogP contribution in [0.2, 0.25) is 0 Å². The normalized spacial score (nSPS) is 21.0. The van der Waals surface area contributed by atoms with Crippen LogP contribution < -0.4 is 0 Å². The van der Waals surface area contributed by atoms with Crippen molar-refractivity contribution in [3.05, 3.63) is 11.6 Å². The van der Waals surface area contributed by atoms with E-state index in [1.54, 1.807) is 5.57 Å². The van der Waals surface area contributed by atoms with Gasteiger partial charge in [-0.3, -0.25) is 0 Å². The highest BCUT2D eigenvalue weighted by Crippen LogP contribution is 2.22. The van der Waals surface area contributed by atoms with E-state index in [1.165, 1.54) is 19.3 Å². The van der Waals surface area contributed by atoms with Crippen LogP contribution in [-0.4, -0.2) is 0 Å². The lowest BCUT2D eigenvalue weighted by atomic mass is 9.91. The van der Waals surface area contributed by atoms with Crippen LogP contribution in [0, 0.1) is 17.8 Å². The molecule has 1 aliphatic rings. The van der Waals surface area contributed by atoms with Gasteiger partial charge in [0, 0.05) is 0 Å². The van der Waals surface area contributed by atoms with Gasteiger partial charge in [0.15, 0.2) is 0 Å². The summed E-state index contributed by atoms with van der Waals surface area (Å²) in [6.07, 6.45) is 6.41. The molecule has 0 aromatic carbocycles. The monoisotopic (exact) mass is 164 g/mol. The zero-order valence-corrected chi connectivity index (χ0v) is 8.78. The maximum absolute atomic E-state index is 2.68. The Hall–Kier alpha value is -0.700. The van der Waals surface area contributed by atoms with Crippen molar-refractivity contribution in [2.45, 2.75) is 47.0 Å². The third-order valence-electron chi connectivity index (χ3n) is 2.07. The minimum atomic E-state index is 0.944. The van der Waals surface area contributed by atoms with Crippen LogP contribution in [0.4, 0.5) is 0 Å². The molecule has 1 rings (SSSR count). The van der Waals surface area contributed by atoms with Crippen LogP contribution in [0.3, 0.4) is 0 Å². The summed E-state index contributed by atoms with van der Waals surface area (Å²) < 4.78 is 0. The molecule has 0 amide bonds. The fraction of sp³-hybridized carbons (Fsp3) is 0.667. The van der Waals surface area contributed by atoms with E-state index in [-0.39, 0.29) is 0 Å². The quantitative estimate of drug-likeness (QED) is 0.377. The lowest BCUT2D eigenvalue weighted by Gasteiger charge is -2.15. The average molecular weight is 164 g/mol. The van der Waals surface area contributed by atoms with Gasteiger partial charge in [0.2, 0.25) is 0 Å². The van der Waals surface area contributed by atoms with Gasteiger partial charge in [-0.1, -0.05) is 18.6 Å². The summed E-state index contributed by atoms with van der Waals surface area (Å²) in [6, 6.07) is 0. The fourth-order valence-electron chi connectivity index (χ4n) is 1.35. The molecule has 0 aromatic heterocycles. The van der Waals surface area contributed by atoms with Gasteiger partial charge in [-0.15, -0.1) is 11.8 Å². The van der Waals surface area contributed by atoms with E-state index in [1.807, 2.05) is 13.8 Å². The first kappa shape index (κ1) is 11.3. The van der Waals surface area contributed by atoms with Crippen LogP contribution in [0.15, 0.2) is 11.6 Å². The van der Waals surface area contributed by atoms with E-state index in [9.17, 15) is 0 Å². The Labute approximate surface area is 77.1 Å². The first-order valence-corrected chi connectivity index (χ1v) is 4.69. The van der Waals surface area contributed by atoms with Gasteiger partial charge < -0.3 is 0 Å². The molecule has 0 N–H and O–H groups in total. The Kier molecular flexibility index (Phi) is 6.57. The second-order valence-corrected chi connectivity index (χ2v) is 3.44. The fourth-order valence-corrected chi connectivity index (χ4v) is 1.35. The summed E-state index contributed by atoms with van der Waals surface area (Å²) in [5.41, 5.74) is 1.59. The van der Waals surface area contributed by atoms with E-state index >= 15 is 0 Å². The molecule has 12 heavy (non-hydrogen) atoms. The standard InChI is InChI=1S/C8H14.C4H6/c1-7-4-3-5-8(2)6-7;1-3-4-2/h4,8H,3,5-6H2,1-2H3;1-2H3. The van der Waals surface area contributed by atoms with E-state index in [0.29, 0.717) is 0 Å². The van der Waals surface area contributed by atoms with Gasteiger partial charge in [-0.05, 0) is 46.0 Å². The SMILES string of the molecule is CC#CC.CC1=CCCC(C)C1. The highest BCUT2D eigenvalue weighted by Gasteiger charge is 2.05. The van der Waals surface area contributed by atoms with Crippen molar-refractivity contribution in [1.82, 2.24) is 0 Å². The van der Waals surface area contributed by atoms with Gasteiger partial charge in [0.05, 0.1) is 0 Å². The predicted molar refractivity (Wildman–Crippen MR) is 55.9 cm³/mol. The summed E-state index contributed by atoms with van der Waals surface area (Å²) in [5.74, 6) is 6.31. The van der Waals surface area contributed by atoms with Gasteiger partial charge in [0.1, 0.15) is 0 Å². The zero-order chi connectivity index (χ0) is 9.40. The zero-order valence-electron chi connectivity index (χ0n) is 8.78. The molecule has 0 aromatic rings. The largest absolute Gasteiger partial charge is 0.107 e. The highest BCUT2D eigenvalue weighted by molar-refractivity contribution is 5.02. The van der Waals surface area contributed by atoms with Crippen molar-refractivity contribution in [1.29, 1.82) is 0 Å². The Morgan fingerprint density at radius 1 is 1.33 bits per heavy atom. The number of hydrogen-bond acceptors (Lipinski definition) is 0. The van der Waals surface area contributed by atoms with E-state index < -0.39 is 0 Å². The van der Waals surface area contributed by atoms with Crippen molar-refractivity contribution in [3.8, 4) is 11.8 Å². The summed E-state index contributed by atoms with van der Waals surface area (Å²) in [4.78, 5) is 0. The summed E-state index contributed by atoms with van der Waals surface area (Å²) >= 11 is 0. The second kappa shape index (κ2) is 6.98. The van der Waals surface area contributed by atoms with E-state index in [0.717, 1.165) is 5.92 Å². The number of rotatable bonds is 0. The highest BCUT2D eigenvalue weighted by atomic mass is 14.1. The Balaban J connectivity index is 0.000000261. The van der Waals surface area contributed by atoms with Gasteiger partial charge >= 0.3 is 0 Å². The van der Waals surface area contributed by atoms with Crippen LogP contribution in [-0.2, 0) is 0 Å². The van der Waals surface area contributed by atoms with Crippen molar-refractivity contribution >= 4 is 0 Å². The van der Waals surface area contributed by atoms with E-state index in [2.05, 4.69) is 31.8 Å². The molecule has 1 unspecified atom stereocenters. The second-order valence-electron chi connectivity index (χ2n) is 3.44. The Morgan fingerprint density at radius 2 is 1.92 bits per heavy atom. The third kappa shape index (κ3) is 6.04. The number of allylic oxidation sites excluding steroid dienone is 2. The lowest BCUT2D eigenvalue weighted by Crippen LogP contribution is -1.99. The first-order valence-electron chi connectivity index (χ1n) is 4.69. The summed E-state index contributed by atoms with van der Waals surface area (Å²) in [7, 11) is 0. The molecular formula is C12H20. The molecule has 0 saturated heterocycles. The molecular weight excluding hydrogens is 144 g/mol. The molecule has 68 valence electrons. The van der Waals surface area contributed by atoms with Gasteiger partial charge in [-0.2, -0.15) is 0 Å². The molecule has 0 heteroatoms. The molecule has 0 spiro atoms. The molecule has 0 aliphatic heterocycles. The van der Waals surface area contributed by atoms with Crippen molar-refractivity contribution in [2.24, 2.45) is 5.92 Å². The lowest BCUT2D eigenvalue weighted by molar-refractivity contribution is 0.510. The molecule has 0 bridgehead atoms. The van der Waals surface area contributed by atoms with Crippen LogP contribution in [0.25, 0.3) is 0 Å². The maximum atomic E-state index is 2.68. The van der Waals surface area contributed by atoms with Gasteiger partial charge in [0.25, 0.3) is 0 Å². The Morgan fingerprint density at radius 3 is 2.17 bits per heavy atom. The third-order valence-corrected chi connectivity index (χ3v) is 2.07. The Bertz CT molecular complexity index is 182. The van der Waals surface area contributed by atoms with E-state index in [4.69, 9.17) is 0 Å². The smallest absolute Gasteiger partial charge is 0.00271 e. The molecule has 1 atom stereocenters. The van der Waals surface area contributed by atoms with Crippen molar-refractivity contribution in [2.75, 3.05) is 0 Å². The van der Waals surface area contributed by atoms with Crippen LogP contribution in [0.1, 0.15) is 47.0 Å². The van der Waals surface area contributed by atoms with Gasteiger partial charge in [-0.25, -0.2) is 0 Å². The number of hydrogen-bond donors (Lipinski definition) is 0. The van der Waals surface area contributed by atoms with Crippen LogP contribution in [0.5, 0.6) is 0 Å². The summed E-state index contributed by atoms with van der Waals surface area (Å²) in [5, 5.41) is 0. The molecule has 0 radical (unpaired) electrons. The van der Waals surface area contributed by atoms with Crippen molar-refractivity contribution < 1.29 is 0 Å². The topological polar surface area (TPSA) is 0 Å². The minimum absolute atomic E-state index is 0.944.